The fraction of sp³-hybridized carbons (Fsp3) is 0.600. The Morgan fingerprint density at radius 3 is 3.05 bits per heavy atom. The molecule has 1 fully saturated rings. The molecule has 1 atom stereocenters. The van der Waals surface area contributed by atoms with E-state index in [1.54, 1.807) is 0 Å². The second-order valence-corrected chi connectivity index (χ2v) is 5.49. The van der Waals surface area contributed by atoms with E-state index in [1.807, 2.05) is 12.4 Å². The van der Waals surface area contributed by atoms with Crippen LogP contribution in [0.3, 0.4) is 0 Å². The highest BCUT2D eigenvalue weighted by Crippen LogP contribution is 2.15. The van der Waals surface area contributed by atoms with Crippen LogP contribution in [0.15, 0.2) is 23.5 Å². The van der Waals surface area contributed by atoms with Crippen molar-refractivity contribution in [2.24, 2.45) is 16.6 Å². The second kappa shape index (κ2) is 8.44. The molecule has 1 aromatic heterocycles. The molecule has 4 nitrogen and oxygen atoms in total. The first kappa shape index (κ1) is 17.2. The fourth-order valence-electron chi connectivity index (χ4n) is 2.57. The largest absolute Gasteiger partial charge is 0.370 e. The van der Waals surface area contributed by atoms with Crippen molar-refractivity contribution in [1.82, 2.24) is 9.88 Å². The zero-order valence-corrected chi connectivity index (χ0v) is 14.7. The normalized spacial score (nSPS) is 19.6. The molecule has 0 aromatic carbocycles. The third-order valence-corrected chi connectivity index (χ3v) is 3.77. The van der Waals surface area contributed by atoms with Crippen LogP contribution in [0.1, 0.15) is 30.9 Å². The van der Waals surface area contributed by atoms with Crippen molar-refractivity contribution in [1.29, 1.82) is 0 Å². The maximum absolute atomic E-state index is 6.08. The van der Waals surface area contributed by atoms with Gasteiger partial charge in [-0.3, -0.25) is 9.98 Å². The number of rotatable bonds is 3. The first-order chi connectivity index (χ1) is 9.16. The SMILES string of the molecule is Cc1cnccc1CCN=C(N)N1CCCC(C)C1.I. The van der Waals surface area contributed by atoms with Crippen molar-refractivity contribution in [3.63, 3.8) is 0 Å². The van der Waals surface area contributed by atoms with Gasteiger partial charge >= 0.3 is 0 Å². The molecule has 2 N–H and O–H groups in total. The quantitative estimate of drug-likeness (QED) is 0.492. The van der Waals surface area contributed by atoms with Crippen LogP contribution < -0.4 is 5.73 Å². The number of nitrogens with zero attached hydrogens (tertiary/aromatic N) is 3. The minimum Gasteiger partial charge on any atom is -0.370 e. The van der Waals surface area contributed by atoms with Crippen molar-refractivity contribution < 1.29 is 0 Å². The number of aryl methyl sites for hydroxylation is 1. The number of guanidine groups is 1. The number of pyridine rings is 1. The molecule has 0 aliphatic carbocycles. The number of likely N-dealkylation sites (tertiary alicyclic amines) is 1. The molecule has 2 heterocycles. The van der Waals surface area contributed by atoms with Crippen LogP contribution in [0.25, 0.3) is 0 Å². The first-order valence-corrected chi connectivity index (χ1v) is 7.11. The molecule has 5 heteroatoms. The van der Waals surface area contributed by atoms with Crippen molar-refractivity contribution in [2.75, 3.05) is 19.6 Å². The van der Waals surface area contributed by atoms with Gasteiger partial charge in [0.25, 0.3) is 0 Å². The predicted octanol–water partition coefficient (Wildman–Crippen LogP) is 2.60. The highest BCUT2D eigenvalue weighted by atomic mass is 127. The molecule has 1 saturated heterocycles. The Balaban J connectivity index is 0.00000200. The average Bonchev–Trinajstić information content (AvgIpc) is 2.41. The second-order valence-electron chi connectivity index (χ2n) is 5.49. The van der Waals surface area contributed by atoms with Crippen LogP contribution in [0, 0.1) is 12.8 Å². The van der Waals surface area contributed by atoms with Crippen LogP contribution in [-0.4, -0.2) is 35.5 Å². The predicted molar refractivity (Wildman–Crippen MR) is 94.6 cm³/mol. The van der Waals surface area contributed by atoms with Crippen molar-refractivity contribution in [3.8, 4) is 0 Å². The van der Waals surface area contributed by atoms with Gasteiger partial charge in [0.1, 0.15) is 0 Å². The monoisotopic (exact) mass is 388 g/mol. The van der Waals surface area contributed by atoms with Gasteiger partial charge < -0.3 is 10.6 Å². The summed E-state index contributed by atoms with van der Waals surface area (Å²) in [6.45, 7) is 7.21. The molecule has 1 unspecified atom stereocenters. The molecule has 1 aliphatic rings. The molecular weight excluding hydrogens is 363 g/mol. The van der Waals surface area contributed by atoms with E-state index in [1.165, 1.54) is 24.0 Å². The Morgan fingerprint density at radius 1 is 1.55 bits per heavy atom. The lowest BCUT2D eigenvalue weighted by Gasteiger charge is -2.31. The topological polar surface area (TPSA) is 54.5 Å². The van der Waals surface area contributed by atoms with Crippen LogP contribution in [0.2, 0.25) is 0 Å². The lowest BCUT2D eigenvalue weighted by Crippen LogP contribution is -2.43. The Hall–Kier alpha value is -0.850. The van der Waals surface area contributed by atoms with Gasteiger partial charge in [0.15, 0.2) is 5.96 Å². The Kier molecular flexibility index (Phi) is 7.26. The summed E-state index contributed by atoms with van der Waals surface area (Å²) >= 11 is 0. The summed E-state index contributed by atoms with van der Waals surface area (Å²) in [5.41, 5.74) is 8.61. The molecule has 1 aliphatic heterocycles. The van der Waals surface area contributed by atoms with E-state index < -0.39 is 0 Å². The zero-order valence-electron chi connectivity index (χ0n) is 12.4. The lowest BCUT2D eigenvalue weighted by atomic mass is 10.0. The number of hydrogen-bond donors (Lipinski definition) is 1. The standard InChI is InChI=1S/C15H24N4.HI/c1-12-4-3-9-19(11-12)15(16)18-8-6-14-5-7-17-10-13(14)2;/h5,7,10,12H,3-4,6,8-9,11H2,1-2H3,(H2,16,18);1H. The maximum atomic E-state index is 6.08. The molecular formula is C15H25IN4. The molecule has 20 heavy (non-hydrogen) atoms. The van der Waals surface area contributed by atoms with E-state index in [9.17, 15) is 0 Å². The van der Waals surface area contributed by atoms with Crippen molar-refractivity contribution in [2.45, 2.75) is 33.1 Å². The summed E-state index contributed by atoms with van der Waals surface area (Å²) in [6, 6.07) is 2.06. The first-order valence-electron chi connectivity index (χ1n) is 7.11. The summed E-state index contributed by atoms with van der Waals surface area (Å²) in [5.74, 6) is 1.43. The van der Waals surface area contributed by atoms with Crippen LogP contribution >= 0.6 is 24.0 Å². The van der Waals surface area contributed by atoms with Gasteiger partial charge in [-0.2, -0.15) is 0 Å². The van der Waals surface area contributed by atoms with Crippen molar-refractivity contribution in [3.05, 3.63) is 29.6 Å². The van der Waals surface area contributed by atoms with Crippen molar-refractivity contribution >= 4 is 29.9 Å². The molecule has 2 rings (SSSR count). The molecule has 0 spiro atoms. The summed E-state index contributed by atoms with van der Waals surface area (Å²) in [4.78, 5) is 10.8. The minimum absolute atomic E-state index is 0. The van der Waals surface area contributed by atoms with E-state index in [0.29, 0.717) is 5.96 Å². The van der Waals surface area contributed by atoms with Gasteiger partial charge in [-0.1, -0.05) is 6.92 Å². The number of halogens is 1. The van der Waals surface area contributed by atoms with Gasteiger partial charge in [0.2, 0.25) is 0 Å². The van der Waals surface area contributed by atoms with Gasteiger partial charge in [0.05, 0.1) is 0 Å². The summed E-state index contributed by atoms with van der Waals surface area (Å²) in [5, 5.41) is 0. The van der Waals surface area contributed by atoms with E-state index in [2.05, 4.69) is 34.8 Å². The van der Waals surface area contributed by atoms with E-state index in [0.717, 1.165) is 32.0 Å². The molecule has 0 bridgehead atoms. The van der Waals surface area contributed by atoms with E-state index >= 15 is 0 Å². The van der Waals surface area contributed by atoms with E-state index in [-0.39, 0.29) is 24.0 Å². The fourth-order valence-corrected chi connectivity index (χ4v) is 2.57. The number of aliphatic imine (C=N–C) groups is 1. The highest BCUT2D eigenvalue weighted by Gasteiger charge is 2.17. The zero-order chi connectivity index (χ0) is 13.7. The Morgan fingerprint density at radius 2 is 2.35 bits per heavy atom. The summed E-state index contributed by atoms with van der Waals surface area (Å²) in [7, 11) is 0. The third kappa shape index (κ3) is 4.92. The van der Waals surface area contributed by atoms with Gasteiger partial charge in [-0.15, -0.1) is 24.0 Å². The van der Waals surface area contributed by atoms with Crippen LogP contribution in [-0.2, 0) is 6.42 Å². The van der Waals surface area contributed by atoms with Gasteiger partial charge in [-0.25, -0.2) is 0 Å². The smallest absolute Gasteiger partial charge is 0.191 e. The molecule has 0 amide bonds. The minimum atomic E-state index is 0. The third-order valence-electron chi connectivity index (χ3n) is 3.77. The van der Waals surface area contributed by atoms with Crippen LogP contribution in [0.4, 0.5) is 0 Å². The average molecular weight is 388 g/mol. The van der Waals surface area contributed by atoms with Crippen LogP contribution in [0.5, 0.6) is 0 Å². The number of nitrogens with two attached hydrogens (primary N) is 1. The molecule has 0 saturated carbocycles. The Bertz CT molecular complexity index is 447. The Labute approximate surface area is 138 Å². The summed E-state index contributed by atoms with van der Waals surface area (Å²) < 4.78 is 0. The number of aromatic nitrogens is 1. The summed E-state index contributed by atoms with van der Waals surface area (Å²) in [6.07, 6.45) is 7.19. The maximum Gasteiger partial charge on any atom is 0.191 e. The number of piperidine rings is 1. The van der Waals surface area contributed by atoms with E-state index in [4.69, 9.17) is 5.73 Å². The number of hydrogen-bond acceptors (Lipinski definition) is 2. The highest BCUT2D eigenvalue weighted by molar-refractivity contribution is 14.0. The molecule has 112 valence electrons. The van der Waals surface area contributed by atoms with Gasteiger partial charge in [-0.05, 0) is 49.3 Å². The molecule has 0 radical (unpaired) electrons. The lowest BCUT2D eigenvalue weighted by molar-refractivity contribution is 0.270. The molecule has 1 aromatic rings. The van der Waals surface area contributed by atoms with Gasteiger partial charge in [0, 0.05) is 32.0 Å².